The minimum atomic E-state index is -3.61. The predicted octanol–water partition coefficient (Wildman–Crippen LogP) is 3.44. The van der Waals surface area contributed by atoms with Crippen molar-refractivity contribution in [3.63, 3.8) is 0 Å². The molecule has 2 heterocycles. The molecule has 0 aliphatic rings. The third-order valence-electron chi connectivity index (χ3n) is 4.97. The molecule has 10 heteroatoms. The maximum atomic E-state index is 12.9. The van der Waals surface area contributed by atoms with Crippen LogP contribution in [0.15, 0.2) is 52.6 Å². The van der Waals surface area contributed by atoms with Crippen LogP contribution in [0.1, 0.15) is 33.3 Å². The van der Waals surface area contributed by atoms with E-state index in [0.29, 0.717) is 23.9 Å². The first-order valence-corrected chi connectivity index (χ1v) is 12.5. The maximum absolute atomic E-state index is 12.9. The van der Waals surface area contributed by atoms with Crippen LogP contribution in [0.4, 0.5) is 5.69 Å². The van der Waals surface area contributed by atoms with Crippen LogP contribution in [0.2, 0.25) is 0 Å². The molecule has 0 saturated heterocycles. The number of aromatic nitrogens is 3. The molecule has 0 radical (unpaired) electrons. The van der Waals surface area contributed by atoms with Crippen LogP contribution < -0.4 is 5.32 Å². The van der Waals surface area contributed by atoms with E-state index >= 15 is 0 Å². The number of benzene rings is 1. The Kier molecular flexibility index (Phi) is 7.34. The number of hydrogen-bond donors (Lipinski definition) is 1. The number of rotatable bonds is 9. The lowest BCUT2D eigenvalue weighted by atomic mass is 10.1. The Balaban J connectivity index is 1.80. The first-order chi connectivity index (χ1) is 14.8. The van der Waals surface area contributed by atoms with Crippen molar-refractivity contribution in [2.45, 2.75) is 49.4 Å². The number of sulfonamides is 1. The highest BCUT2D eigenvalue weighted by atomic mass is 32.2. The molecule has 1 N–H and O–H groups in total. The highest BCUT2D eigenvalue weighted by Crippen LogP contribution is 2.25. The zero-order chi connectivity index (χ0) is 22.6. The number of nitrogens with zero attached hydrogens (tertiary/aromatic N) is 4. The van der Waals surface area contributed by atoms with Crippen LogP contribution in [0.5, 0.6) is 0 Å². The van der Waals surface area contributed by atoms with Crippen LogP contribution in [0.25, 0.3) is 5.65 Å². The zero-order valence-electron chi connectivity index (χ0n) is 18.1. The summed E-state index contributed by atoms with van der Waals surface area (Å²) >= 11 is 1.22. The Morgan fingerprint density at radius 3 is 2.39 bits per heavy atom. The molecule has 0 bridgehead atoms. The Hall–Kier alpha value is -2.43. The molecule has 0 saturated carbocycles. The summed E-state index contributed by atoms with van der Waals surface area (Å²) in [4.78, 5) is 12.8. The van der Waals surface area contributed by atoms with Gasteiger partial charge in [0.15, 0.2) is 10.8 Å². The van der Waals surface area contributed by atoms with E-state index in [1.165, 1.54) is 33.9 Å². The van der Waals surface area contributed by atoms with Gasteiger partial charge in [-0.2, -0.15) is 4.31 Å². The normalized spacial score (nSPS) is 12.9. The van der Waals surface area contributed by atoms with Crippen molar-refractivity contribution in [1.29, 1.82) is 0 Å². The Morgan fingerprint density at radius 1 is 1.10 bits per heavy atom. The fraction of sp³-hybridized carbons (Fsp3) is 0.381. The monoisotopic (exact) mass is 461 g/mol. The van der Waals surface area contributed by atoms with Gasteiger partial charge in [0.25, 0.3) is 0 Å². The minimum absolute atomic E-state index is 0.165. The number of carbonyl (C=O) groups is 1. The summed E-state index contributed by atoms with van der Waals surface area (Å²) in [5.74, 6) is -0.169. The second kappa shape index (κ2) is 9.80. The molecule has 0 aliphatic heterocycles. The van der Waals surface area contributed by atoms with Crippen LogP contribution in [-0.4, -0.2) is 51.6 Å². The molecule has 1 atom stereocenters. The first-order valence-electron chi connectivity index (χ1n) is 10.2. The Bertz CT molecular complexity index is 1160. The lowest BCUT2D eigenvalue weighted by Crippen LogP contribution is -2.30. The number of aryl methyl sites for hydroxylation is 1. The smallest absolute Gasteiger partial charge is 0.244 e. The summed E-state index contributed by atoms with van der Waals surface area (Å²) in [6, 6.07) is 10.9. The van der Waals surface area contributed by atoms with Gasteiger partial charge in [-0.15, -0.1) is 10.2 Å². The molecule has 3 aromatic rings. The molecule has 31 heavy (non-hydrogen) atoms. The second-order valence-electron chi connectivity index (χ2n) is 6.96. The molecule has 0 unspecified atom stereocenters. The van der Waals surface area contributed by atoms with Crippen molar-refractivity contribution in [1.82, 2.24) is 18.9 Å². The van der Waals surface area contributed by atoms with E-state index in [-0.39, 0.29) is 10.8 Å². The fourth-order valence-corrected chi connectivity index (χ4v) is 5.36. The Morgan fingerprint density at radius 2 is 1.77 bits per heavy atom. The summed E-state index contributed by atoms with van der Waals surface area (Å²) in [5, 5.41) is 11.1. The minimum Gasteiger partial charge on any atom is -0.325 e. The third kappa shape index (κ3) is 5.08. The van der Waals surface area contributed by atoms with Gasteiger partial charge in [-0.25, -0.2) is 8.42 Å². The van der Waals surface area contributed by atoms with Crippen LogP contribution >= 0.6 is 11.8 Å². The molecule has 1 aromatic carbocycles. The lowest BCUT2D eigenvalue weighted by Gasteiger charge is -2.18. The van der Waals surface area contributed by atoms with E-state index in [1.807, 2.05) is 24.3 Å². The maximum Gasteiger partial charge on any atom is 0.244 e. The molecular formula is C21H27N5O3S2. The number of pyridine rings is 1. The van der Waals surface area contributed by atoms with Gasteiger partial charge in [0, 0.05) is 25.0 Å². The molecule has 0 aliphatic carbocycles. The van der Waals surface area contributed by atoms with Gasteiger partial charge in [-0.05, 0) is 43.2 Å². The molecule has 0 fully saturated rings. The van der Waals surface area contributed by atoms with Gasteiger partial charge in [-0.3, -0.25) is 9.20 Å². The van der Waals surface area contributed by atoms with Gasteiger partial charge in [0.2, 0.25) is 15.9 Å². The van der Waals surface area contributed by atoms with E-state index < -0.39 is 15.3 Å². The largest absolute Gasteiger partial charge is 0.325 e. The number of hydrogen-bond acceptors (Lipinski definition) is 6. The molecular weight excluding hydrogens is 434 g/mol. The van der Waals surface area contributed by atoms with Gasteiger partial charge in [0.1, 0.15) is 0 Å². The average molecular weight is 462 g/mol. The lowest BCUT2D eigenvalue weighted by molar-refractivity contribution is -0.115. The number of anilines is 1. The third-order valence-corrected chi connectivity index (χ3v) is 8.06. The van der Waals surface area contributed by atoms with E-state index in [0.717, 1.165) is 12.1 Å². The SMILES string of the molecule is CCc1ccc(NC(=O)[C@H](C)Sc2nnc3ccc(S(=O)(=O)N(CC)CC)cn23)cc1. The van der Waals surface area contributed by atoms with Gasteiger partial charge in [0.05, 0.1) is 10.1 Å². The van der Waals surface area contributed by atoms with E-state index in [4.69, 9.17) is 0 Å². The fourth-order valence-electron chi connectivity index (χ4n) is 3.08. The number of thioether (sulfide) groups is 1. The first kappa shape index (κ1) is 23.2. The number of amides is 1. The second-order valence-corrected chi connectivity index (χ2v) is 10.2. The predicted molar refractivity (Wildman–Crippen MR) is 123 cm³/mol. The van der Waals surface area contributed by atoms with Crippen molar-refractivity contribution in [2.24, 2.45) is 0 Å². The number of nitrogens with one attached hydrogen (secondary N) is 1. The van der Waals surface area contributed by atoms with Gasteiger partial charge < -0.3 is 5.32 Å². The average Bonchev–Trinajstić information content (AvgIpc) is 3.17. The molecule has 2 aromatic heterocycles. The summed E-state index contributed by atoms with van der Waals surface area (Å²) in [6.45, 7) is 8.23. The highest BCUT2D eigenvalue weighted by Gasteiger charge is 2.24. The van der Waals surface area contributed by atoms with Crippen molar-refractivity contribution >= 4 is 39.0 Å². The van der Waals surface area contributed by atoms with E-state index in [1.54, 1.807) is 31.2 Å². The quantitative estimate of drug-likeness (QED) is 0.490. The molecule has 3 rings (SSSR count). The molecule has 0 spiro atoms. The van der Waals surface area contributed by atoms with Crippen molar-refractivity contribution in [2.75, 3.05) is 18.4 Å². The highest BCUT2D eigenvalue weighted by molar-refractivity contribution is 8.00. The zero-order valence-corrected chi connectivity index (χ0v) is 19.7. The van der Waals surface area contributed by atoms with Gasteiger partial charge >= 0.3 is 0 Å². The van der Waals surface area contributed by atoms with Crippen molar-refractivity contribution in [3.8, 4) is 0 Å². The van der Waals surface area contributed by atoms with E-state index in [9.17, 15) is 13.2 Å². The summed E-state index contributed by atoms with van der Waals surface area (Å²) in [7, 11) is -3.61. The van der Waals surface area contributed by atoms with Crippen LogP contribution in [0.3, 0.4) is 0 Å². The number of carbonyl (C=O) groups excluding carboxylic acids is 1. The van der Waals surface area contributed by atoms with Crippen molar-refractivity contribution < 1.29 is 13.2 Å². The molecule has 8 nitrogen and oxygen atoms in total. The molecule has 1 amide bonds. The van der Waals surface area contributed by atoms with Crippen LogP contribution in [0, 0.1) is 0 Å². The summed E-state index contributed by atoms with van der Waals surface area (Å²) in [5.41, 5.74) is 2.45. The molecule has 166 valence electrons. The summed E-state index contributed by atoms with van der Waals surface area (Å²) in [6.07, 6.45) is 2.45. The topological polar surface area (TPSA) is 96.7 Å². The van der Waals surface area contributed by atoms with Crippen molar-refractivity contribution in [3.05, 3.63) is 48.2 Å². The van der Waals surface area contributed by atoms with E-state index in [2.05, 4.69) is 22.4 Å². The van der Waals surface area contributed by atoms with Crippen LogP contribution in [-0.2, 0) is 21.2 Å². The Labute approximate surface area is 187 Å². The number of fused-ring (bicyclic) bond motifs is 1. The standard InChI is InChI=1S/C21H27N5O3S2/c1-5-16-8-10-17(11-9-16)22-20(27)15(4)30-21-24-23-19-13-12-18(14-26(19)21)31(28,29)25(6-2)7-3/h8-15H,5-7H2,1-4H3,(H,22,27)/t15-/m0/s1. The van der Waals surface area contributed by atoms with Gasteiger partial charge in [-0.1, -0.05) is 44.7 Å². The summed E-state index contributed by atoms with van der Waals surface area (Å²) < 4.78 is 28.7.